The van der Waals surface area contributed by atoms with Crippen LogP contribution in [0.15, 0.2) is 66.0 Å². The minimum atomic E-state index is 0.566. The standard InChI is InChI=1S/C21H18N4O2S/c1-28-16-5-2-14(3-6-16)20-21(25-9-8-22-13-19(25)24-20)23-15-4-7-17-18(12-15)27-11-10-26-17/h2-9,12-13H,10-11H2,1H3,(H,22,23)/p+1. The summed E-state index contributed by atoms with van der Waals surface area (Å²) < 4.78 is 13.4. The van der Waals surface area contributed by atoms with Crippen LogP contribution in [0, 0.1) is 0 Å². The number of H-pyrrole nitrogens is 1. The van der Waals surface area contributed by atoms with Gasteiger partial charge in [0.05, 0.1) is 12.4 Å². The molecule has 0 saturated carbocycles. The maximum absolute atomic E-state index is 5.72. The minimum Gasteiger partial charge on any atom is -0.486 e. The average Bonchev–Trinajstić information content (AvgIpc) is 3.12. The van der Waals surface area contributed by atoms with E-state index in [4.69, 9.17) is 9.47 Å². The van der Waals surface area contributed by atoms with Crippen LogP contribution in [-0.4, -0.2) is 29.4 Å². The van der Waals surface area contributed by atoms with Gasteiger partial charge < -0.3 is 9.47 Å². The molecule has 2 N–H and O–H groups in total. The van der Waals surface area contributed by atoms with Gasteiger partial charge in [0.25, 0.3) is 5.82 Å². The minimum absolute atomic E-state index is 0.566. The Kier molecular flexibility index (Phi) is 4.29. The molecule has 0 unspecified atom stereocenters. The lowest BCUT2D eigenvalue weighted by atomic mass is 10.1. The summed E-state index contributed by atoms with van der Waals surface area (Å²) in [5.41, 5.74) is 3.93. The average molecular weight is 391 g/mol. The number of hydrogen-bond donors (Lipinski definition) is 2. The van der Waals surface area contributed by atoms with Crippen molar-refractivity contribution in [1.82, 2.24) is 9.97 Å². The van der Waals surface area contributed by atoms with E-state index in [-0.39, 0.29) is 0 Å². The number of thioether (sulfide) groups is 1. The van der Waals surface area contributed by atoms with Crippen LogP contribution in [-0.2, 0) is 0 Å². The first-order valence-corrected chi connectivity index (χ1v) is 10.2. The molecule has 0 amide bonds. The fraction of sp³-hybridized carbons (Fsp3) is 0.143. The number of benzene rings is 2. The Bertz CT molecular complexity index is 1140. The second-order valence-electron chi connectivity index (χ2n) is 6.39. The van der Waals surface area contributed by atoms with E-state index in [2.05, 4.69) is 50.2 Å². The van der Waals surface area contributed by atoms with E-state index in [0.717, 1.165) is 39.9 Å². The van der Waals surface area contributed by atoms with Gasteiger partial charge in [0.1, 0.15) is 25.1 Å². The molecule has 2 aromatic heterocycles. The van der Waals surface area contributed by atoms with Crippen LogP contribution in [0.5, 0.6) is 11.5 Å². The first-order valence-electron chi connectivity index (χ1n) is 9.00. The van der Waals surface area contributed by atoms with Gasteiger partial charge in [0.15, 0.2) is 17.2 Å². The van der Waals surface area contributed by atoms with Crippen LogP contribution in [0.3, 0.4) is 0 Å². The van der Waals surface area contributed by atoms with Crippen LogP contribution in [0.4, 0.5) is 11.5 Å². The van der Waals surface area contributed by atoms with E-state index in [0.29, 0.717) is 13.2 Å². The maximum Gasteiger partial charge on any atom is 0.271 e. The summed E-state index contributed by atoms with van der Waals surface area (Å²) in [7, 11) is 0. The predicted molar refractivity (Wildman–Crippen MR) is 110 cm³/mol. The number of aromatic amines is 1. The number of fused-ring (bicyclic) bond motifs is 2. The van der Waals surface area contributed by atoms with E-state index >= 15 is 0 Å². The SMILES string of the molecule is CSc1ccc(-c2[nH]c3cncc[n+]3c2Nc2ccc3c(c2)OCCO3)cc1. The molecule has 2 aromatic carbocycles. The van der Waals surface area contributed by atoms with Crippen LogP contribution in [0.25, 0.3) is 16.9 Å². The van der Waals surface area contributed by atoms with Crippen molar-refractivity contribution < 1.29 is 13.9 Å². The van der Waals surface area contributed by atoms with Crippen LogP contribution in [0.1, 0.15) is 0 Å². The zero-order chi connectivity index (χ0) is 18.9. The maximum atomic E-state index is 5.72. The van der Waals surface area contributed by atoms with Gasteiger partial charge in [-0.3, -0.25) is 15.3 Å². The van der Waals surface area contributed by atoms with Crippen LogP contribution < -0.4 is 19.2 Å². The third-order valence-electron chi connectivity index (χ3n) is 4.67. The molecule has 5 rings (SSSR count). The smallest absolute Gasteiger partial charge is 0.271 e. The van der Waals surface area contributed by atoms with E-state index < -0.39 is 0 Å². The Morgan fingerprint density at radius 2 is 1.89 bits per heavy atom. The number of aromatic nitrogens is 3. The highest BCUT2D eigenvalue weighted by molar-refractivity contribution is 7.98. The highest BCUT2D eigenvalue weighted by Gasteiger charge is 2.22. The van der Waals surface area contributed by atoms with Gasteiger partial charge in [-0.1, -0.05) is 12.1 Å². The number of nitrogens with one attached hydrogen (secondary N) is 2. The molecule has 28 heavy (non-hydrogen) atoms. The van der Waals surface area contributed by atoms with Crippen LogP contribution >= 0.6 is 11.8 Å². The highest BCUT2D eigenvalue weighted by Crippen LogP contribution is 2.35. The summed E-state index contributed by atoms with van der Waals surface area (Å²) in [5.74, 6) is 2.47. The molecule has 7 heteroatoms. The molecule has 4 aromatic rings. The second kappa shape index (κ2) is 7.09. The second-order valence-corrected chi connectivity index (χ2v) is 7.27. The Hall–Kier alpha value is -3.19. The first-order chi connectivity index (χ1) is 13.8. The molecule has 0 radical (unpaired) electrons. The lowest BCUT2D eigenvalue weighted by Crippen LogP contribution is -2.22. The van der Waals surface area contributed by atoms with Crippen molar-refractivity contribution in [2.45, 2.75) is 4.90 Å². The van der Waals surface area contributed by atoms with E-state index in [1.807, 2.05) is 30.6 Å². The van der Waals surface area contributed by atoms with E-state index in [9.17, 15) is 0 Å². The Balaban J connectivity index is 1.59. The molecule has 0 atom stereocenters. The number of hydrogen-bond acceptors (Lipinski definition) is 5. The van der Waals surface area contributed by atoms with Crippen molar-refractivity contribution >= 4 is 28.9 Å². The van der Waals surface area contributed by atoms with E-state index in [1.165, 1.54) is 4.90 Å². The summed E-state index contributed by atoms with van der Waals surface area (Å²) in [6, 6.07) is 14.4. The molecule has 0 saturated heterocycles. The van der Waals surface area contributed by atoms with Gasteiger partial charge in [0, 0.05) is 16.5 Å². The van der Waals surface area contributed by atoms with Crippen molar-refractivity contribution in [2.75, 3.05) is 24.8 Å². The largest absolute Gasteiger partial charge is 0.486 e. The number of ether oxygens (including phenoxy) is 2. The number of nitrogens with zero attached hydrogens (tertiary/aromatic N) is 2. The third-order valence-corrected chi connectivity index (χ3v) is 5.42. The molecule has 0 fully saturated rings. The fourth-order valence-electron chi connectivity index (χ4n) is 3.30. The van der Waals surface area contributed by atoms with Gasteiger partial charge in [-0.2, -0.15) is 4.40 Å². The van der Waals surface area contributed by atoms with Crippen LogP contribution in [0.2, 0.25) is 0 Å². The lowest BCUT2D eigenvalue weighted by molar-refractivity contribution is -0.494. The summed E-state index contributed by atoms with van der Waals surface area (Å²) in [6.45, 7) is 1.15. The van der Waals surface area contributed by atoms with Gasteiger partial charge in [-0.15, -0.1) is 11.8 Å². The summed E-state index contributed by atoms with van der Waals surface area (Å²) in [6.07, 6.45) is 7.60. The Labute approximate surface area is 166 Å². The molecule has 1 aliphatic rings. The lowest BCUT2D eigenvalue weighted by Gasteiger charge is -2.18. The quantitative estimate of drug-likeness (QED) is 0.406. The normalized spacial score (nSPS) is 12.9. The molecule has 1 aliphatic heterocycles. The van der Waals surface area contributed by atoms with Crippen molar-refractivity contribution in [3.8, 4) is 22.8 Å². The summed E-state index contributed by atoms with van der Waals surface area (Å²) >= 11 is 1.73. The van der Waals surface area contributed by atoms with Gasteiger partial charge >= 0.3 is 0 Å². The molecule has 6 nitrogen and oxygen atoms in total. The molecule has 0 bridgehead atoms. The predicted octanol–water partition coefficient (Wildman–Crippen LogP) is 4.05. The van der Waals surface area contributed by atoms with Crippen molar-refractivity contribution in [3.05, 3.63) is 61.1 Å². The summed E-state index contributed by atoms with van der Waals surface area (Å²) in [4.78, 5) is 8.94. The van der Waals surface area contributed by atoms with Crippen molar-refractivity contribution in [3.63, 3.8) is 0 Å². The Morgan fingerprint density at radius 1 is 1.07 bits per heavy atom. The topological polar surface area (TPSA) is 63.3 Å². The number of anilines is 2. The third kappa shape index (κ3) is 3.03. The molecular weight excluding hydrogens is 372 g/mol. The molecule has 140 valence electrons. The molecule has 0 aliphatic carbocycles. The molecule has 0 spiro atoms. The number of rotatable bonds is 4. The van der Waals surface area contributed by atoms with Gasteiger partial charge in [-0.25, -0.2) is 0 Å². The summed E-state index contributed by atoms with van der Waals surface area (Å²) in [5, 5.41) is 3.54. The van der Waals surface area contributed by atoms with Gasteiger partial charge in [0.2, 0.25) is 5.65 Å². The monoisotopic (exact) mass is 391 g/mol. The zero-order valence-corrected chi connectivity index (χ0v) is 16.1. The highest BCUT2D eigenvalue weighted by atomic mass is 32.2. The Morgan fingerprint density at radius 3 is 2.71 bits per heavy atom. The zero-order valence-electron chi connectivity index (χ0n) is 15.3. The van der Waals surface area contributed by atoms with Gasteiger partial charge in [-0.05, 0) is 30.5 Å². The fourth-order valence-corrected chi connectivity index (χ4v) is 3.71. The van der Waals surface area contributed by atoms with Crippen molar-refractivity contribution in [2.24, 2.45) is 0 Å². The number of imidazole rings is 1. The molecular formula is C21H19N4O2S+. The molecule has 3 heterocycles. The van der Waals surface area contributed by atoms with Crippen molar-refractivity contribution in [1.29, 1.82) is 0 Å². The van der Waals surface area contributed by atoms with E-state index in [1.54, 1.807) is 18.0 Å². The first kappa shape index (κ1) is 16.9.